The van der Waals surface area contributed by atoms with Crippen LogP contribution in [-0.2, 0) is 4.79 Å². The first-order valence-corrected chi connectivity index (χ1v) is 8.36. The van der Waals surface area contributed by atoms with Gasteiger partial charge in [-0.3, -0.25) is 14.4 Å². The number of halogens is 1. The zero-order valence-electron chi connectivity index (χ0n) is 14.3. The van der Waals surface area contributed by atoms with E-state index in [9.17, 15) is 19.5 Å². The summed E-state index contributed by atoms with van der Waals surface area (Å²) in [6, 6.07) is 13.3. The molecule has 0 saturated heterocycles. The largest absolute Gasteiger partial charge is 0.503 e. The second kappa shape index (κ2) is 7.47. The molecule has 0 unspecified atom stereocenters. The molecule has 0 aliphatic heterocycles. The Morgan fingerprint density at radius 3 is 2.56 bits per heavy atom. The normalized spacial score (nSPS) is 11.0. The average Bonchev–Trinajstić information content (AvgIpc) is 2.75. The van der Waals surface area contributed by atoms with Crippen LogP contribution in [0.1, 0.15) is 5.56 Å². The van der Waals surface area contributed by atoms with Crippen LogP contribution in [0.4, 0.5) is 5.69 Å². The van der Waals surface area contributed by atoms with Gasteiger partial charge in [0.1, 0.15) is 0 Å². The third-order valence-electron chi connectivity index (χ3n) is 4.06. The molecule has 3 aromatic rings. The van der Waals surface area contributed by atoms with Crippen molar-refractivity contribution in [3.05, 3.63) is 85.8 Å². The topological polar surface area (TPSA) is 90.5 Å². The van der Waals surface area contributed by atoms with Gasteiger partial charge in [-0.25, -0.2) is 0 Å². The van der Waals surface area contributed by atoms with E-state index in [-0.39, 0.29) is 16.5 Å². The van der Waals surface area contributed by atoms with E-state index < -0.39 is 22.6 Å². The van der Waals surface area contributed by atoms with Crippen molar-refractivity contribution in [3.8, 4) is 5.75 Å². The molecule has 0 spiro atoms. The molecule has 2 N–H and O–H groups in total. The van der Waals surface area contributed by atoms with Crippen LogP contribution < -0.4 is 15.9 Å². The van der Waals surface area contributed by atoms with E-state index >= 15 is 0 Å². The second-order valence-corrected chi connectivity index (χ2v) is 6.24. The molecule has 0 fully saturated rings. The van der Waals surface area contributed by atoms with Crippen LogP contribution in [0.25, 0.3) is 17.0 Å². The maximum Gasteiger partial charge on any atom is 0.291 e. The summed E-state index contributed by atoms with van der Waals surface area (Å²) < 4.78 is 0. The number of fused-ring (bicyclic) bond motifs is 1. The molecule has 1 heterocycles. The predicted molar refractivity (Wildman–Crippen MR) is 106 cm³/mol. The first-order valence-electron chi connectivity index (χ1n) is 7.98. The molecule has 27 heavy (non-hydrogen) atoms. The second-order valence-electron chi connectivity index (χ2n) is 5.80. The van der Waals surface area contributed by atoms with Crippen LogP contribution in [0.2, 0.25) is 5.02 Å². The van der Waals surface area contributed by atoms with Gasteiger partial charge in [0.25, 0.3) is 11.5 Å². The van der Waals surface area contributed by atoms with E-state index in [1.54, 1.807) is 31.3 Å². The van der Waals surface area contributed by atoms with Crippen LogP contribution in [0, 0.1) is 0 Å². The molecule has 1 amide bonds. The van der Waals surface area contributed by atoms with Crippen LogP contribution >= 0.6 is 11.6 Å². The van der Waals surface area contributed by atoms with Gasteiger partial charge in [-0.2, -0.15) is 0 Å². The monoisotopic (exact) mass is 382 g/mol. The number of carbonyl (C=O) groups excluding carboxylic acids is 1. The van der Waals surface area contributed by atoms with E-state index in [1.165, 1.54) is 23.1 Å². The van der Waals surface area contributed by atoms with E-state index in [1.807, 2.05) is 6.07 Å². The first-order chi connectivity index (χ1) is 12.9. The fourth-order valence-corrected chi connectivity index (χ4v) is 2.75. The number of carbonyl (C=O) groups is 1. The Morgan fingerprint density at radius 2 is 1.85 bits per heavy atom. The van der Waals surface area contributed by atoms with Crippen LogP contribution in [0.15, 0.2) is 64.2 Å². The number of para-hydroxylation sites is 1. The molecule has 136 valence electrons. The van der Waals surface area contributed by atoms with E-state index in [4.69, 9.17) is 11.6 Å². The quantitative estimate of drug-likeness (QED) is 0.681. The Morgan fingerprint density at radius 1 is 1.15 bits per heavy atom. The molecule has 3 rings (SSSR count). The van der Waals surface area contributed by atoms with E-state index in [0.717, 1.165) is 12.2 Å². The molecule has 0 bridgehead atoms. The average molecular weight is 383 g/mol. The van der Waals surface area contributed by atoms with Crippen molar-refractivity contribution in [1.82, 2.24) is 4.98 Å². The number of hydrogen-bond acceptors (Lipinski definition) is 4. The molecule has 0 aliphatic carbocycles. The summed E-state index contributed by atoms with van der Waals surface area (Å²) in [6.45, 7) is 0. The Labute approximate surface area is 159 Å². The lowest BCUT2D eigenvalue weighted by Gasteiger charge is -2.14. The number of likely N-dealkylation sites (N-methyl/N-ethyl adjacent to an activating group) is 1. The van der Waals surface area contributed by atoms with Gasteiger partial charge in [0, 0.05) is 29.2 Å². The maximum atomic E-state index is 12.7. The number of aromatic nitrogens is 1. The van der Waals surface area contributed by atoms with Crippen molar-refractivity contribution >= 4 is 40.2 Å². The minimum absolute atomic E-state index is 0.167. The highest BCUT2D eigenvalue weighted by Gasteiger charge is 2.12. The fraction of sp³-hybridized carbons (Fsp3) is 0.0500. The van der Waals surface area contributed by atoms with E-state index in [0.29, 0.717) is 10.7 Å². The lowest BCUT2D eigenvalue weighted by atomic mass is 10.1. The molecule has 1 aromatic heterocycles. The highest BCUT2D eigenvalue weighted by atomic mass is 35.5. The van der Waals surface area contributed by atoms with Crippen molar-refractivity contribution in [2.45, 2.75) is 0 Å². The van der Waals surface area contributed by atoms with Crippen LogP contribution in [0.3, 0.4) is 0 Å². The Kier molecular flexibility index (Phi) is 5.09. The Balaban J connectivity index is 2.08. The molecule has 7 heteroatoms. The van der Waals surface area contributed by atoms with Gasteiger partial charge in [0.05, 0.1) is 11.1 Å². The summed E-state index contributed by atoms with van der Waals surface area (Å²) in [5.41, 5.74) is -0.865. The molecule has 6 nitrogen and oxygen atoms in total. The Bertz CT molecular complexity index is 1170. The van der Waals surface area contributed by atoms with Crippen LogP contribution in [-0.4, -0.2) is 23.0 Å². The van der Waals surface area contributed by atoms with Crippen molar-refractivity contribution < 1.29 is 9.90 Å². The van der Waals surface area contributed by atoms with E-state index in [2.05, 4.69) is 4.98 Å². The maximum absolute atomic E-state index is 12.7. The highest BCUT2D eigenvalue weighted by Crippen LogP contribution is 2.17. The van der Waals surface area contributed by atoms with Gasteiger partial charge in [0.15, 0.2) is 11.2 Å². The zero-order valence-corrected chi connectivity index (χ0v) is 15.0. The van der Waals surface area contributed by atoms with Gasteiger partial charge in [-0.15, -0.1) is 0 Å². The molecular weight excluding hydrogens is 368 g/mol. The molecule has 0 radical (unpaired) electrons. The molecule has 0 atom stereocenters. The van der Waals surface area contributed by atoms with Crippen LogP contribution in [0.5, 0.6) is 5.75 Å². The number of rotatable bonds is 3. The lowest BCUT2D eigenvalue weighted by molar-refractivity contribution is -0.113. The number of hydrogen-bond donors (Lipinski definition) is 2. The molecule has 0 saturated carbocycles. The van der Waals surface area contributed by atoms with Gasteiger partial charge < -0.3 is 15.0 Å². The predicted octanol–water partition coefficient (Wildman–Crippen LogP) is 2.92. The number of aromatic hydroxyl groups is 1. The summed E-state index contributed by atoms with van der Waals surface area (Å²) in [7, 11) is 1.58. The SMILES string of the molecule is CN(C(=O)/C=C/c1c(O)c(=O)[nH]c2cc(Cl)ccc2c1=O)c1ccccc1. The summed E-state index contributed by atoms with van der Waals surface area (Å²) in [5, 5.41) is 10.6. The summed E-state index contributed by atoms with van der Waals surface area (Å²) in [5.74, 6) is -1.19. The standard InChI is InChI=1S/C20H15ClN2O4/c1-23(13-5-3-2-4-6-13)17(24)10-9-15-18(25)14-8-7-12(21)11-16(14)22-20(27)19(15)26/h2-11,26H,1H3,(H,22,27)/b10-9+. The smallest absolute Gasteiger partial charge is 0.291 e. The third kappa shape index (κ3) is 3.75. The molecule has 2 aromatic carbocycles. The number of nitrogens with one attached hydrogen (secondary N) is 1. The number of amides is 1. The van der Waals surface area contributed by atoms with Gasteiger partial charge >= 0.3 is 0 Å². The summed E-state index contributed by atoms with van der Waals surface area (Å²) >= 11 is 5.89. The lowest BCUT2D eigenvalue weighted by Crippen LogP contribution is -2.23. The number of benzene rings is 2. The highest BCUT2D eigenvalue weighted by molar-refractivity contribution is 6.31. The van der Waals surface area contributed by atoms with Gasteiger partial charge in [0.2, 0.25) is 0 Å². The summed E-state index contributed by atoms with van der Waals surface area (Å²) in [6.07, 6.45) is 2.27. The van der Waals surface area contributed by atoms with Gasteiger partial charge in [-0.1, -0.05) is 29.8 Å². The number of nitrogens with zero attached hydrogens (tertiary/aromatic N) is 1. The van der Waals surface area contributed by atoms with Crippen molar-refractivity contribution in [2.75, 3.05) is 11.9 Å². The minimum atomic E-state index is -0.854. The van der Waals surface area contributed by atoms with Crippen molar-refractivity contribution in [2.24, 2.45) is 0 Å². The summed E-state index contributed by atoms with van der Waals surface area (Å²) in [4.78, 5) is 41.0. The molecular formula is C20H15ClN2O4. The van der Waals surface area contributed by atoms with Gasteiger partial charge in [-0.05, 0) is 36.4 Å². The Hall–Kier alpha value is -3.38. The molecule has 0 aliphatic rings. The first kappa shape index (κ1) is 18.4. The zero-order chi connectivity index (χ0) is 19.6. The van der Waals surface area contributed by atoms with Crippen molar-refractivity contribution in [1.29, 1.82) is 0 Å². The third-order valence-corrected chi connectivity index (χ3v) is 4.29. The number of aromatic amines is 1. The fourth-order valence-electron chi connectivity index (χ4n) is 2.57. The minimum Gasteiger partial charge on any atom is -0.503 e. The van der Waals surface area contributed by atoms with Crippen molar-refractivity contribution in [3.63, 3.8) is 0 Å². The number of H-pyrrole nitrogens is 1. The number of anilines is 1.